The number of benzene rings is 2. The van der Waals surface area contributed by atoms with Crippen molar-refractivity contribution in [1.82, 2.24) is 19.6 Å². The SMILES string of the molecule is CCc1ccccc1C(CC)(N1C(=O)C=CC1=O)N1C(=O)C=CC1=O.CCc1ccccc1C(CC)(N1C(=O)C=CC1=O)N1C(=O)C=CC1=O. The number of hydrogen-bond donors (Lipinski definition) is 0. The Morgan fingerprint density at radius 3 is 0.800 bits per heavy atom. The van der Waals surface area contributed by atoms with E-state index >= 15 is 0 Å². The van der Waals surface area contributed by atoms with Gasteiger partial charge >= 0.3 is 0 Å². The lowest BCUT2D eigenvalue weighted by atomic mass is 9.87. The van der Waals surface area contributed by atoms with E-state index in [1.165, 1.54) is 48.6 Å². The van der Waals surface area contributed by atoms with Crippen LogP contribution in [0.15, 0.2) is 97.1 Å². The molecule has 0 saturated carbocycles. The molecule has 256 valence electrons. The Hall–Kier alpha value is -6.04. The lowest BCUT2D eigenvalue weighted by molar-refractivity contribution is -0.169. The van der Waals surface area contributed by atoms with Crippen LogP contribution in [0, 0.1) is 0 Å². The number of carbonyl (C=O) groups is 8. The predicted octanol–water partition coefficient (Wildman–Crippen LogP) is 3.32. The average molecular weight is 677 g/mol. The molecule has 0 unspecified atom stereocenters. The van der Waals surface area contributed by atoms with Crippen LogP contribution in [0.25, 0.3) is 0 Å². The van der Waals surface area contributed by atoms with Crippen LogP contribution in [0.5, 0.6) is 0 Å². The molecule has 0 saturated heterocycles. The van der Waals surface area contributed by atoms with Crippen molar-refractivity contribution in [2.75, 3.05) is 0 Å². The van der Waals surface area contributed by atoms with E-state index in [9.17, 15) is 38.4 Å². The molecule has 0 bridgehead atoms. The molecular formula is C38H36N4O8. The molecule has 12 heteroatoms. The highest BCUT2D eigenvalue weighted by atomic mass is 16.2. The third-order valence-electron chi connectivity index (χ3n) is 9.36. The van der Waals surface area contributed by atoms with Crippen molar-refractivity contribution in [3.63, 3.8) is 0 Å². The third-order valence-corrected chi connectivity index (χ3v) is 9.36. The van der Waals surface area contributed by atoms with Gasteiger partial charge in [-0.05, 0) is 36.8 Å². The first-order chi connectivity index (χ1) is 23.9. The Morgan fingerprint density at radius 1 is 0.380 bits per heavy atom. The van der Waals surface area contributed by atoms with Gasteiger partial charge < -0.3 is 0 Å². The van der Waals surface area contributed by atoms with Crippen LogP contribution in [0.3, 0.4) is 0 Å². The number of imide groups is 4. The van der Waals surface area contributed by atoms with E-state index in [0.717, 1.165) is 30.7 Å². The number of aryl methyl sites for hydroxylation is 2. The summed E-state index contributed by atoms with van der Waals surface area (Å²) >= 11 is 0. The summed E-state index contributed by atoms with van der Waals surface area (Å²) in [4.78, 5) is 104. The van der Waals surface area contributed by atoms with Gasteiger partial charge in [0.2, 0.25) is 0 Å². The second-order valence-electron chi connectivity index (χ2n) is 11.7. The van der Waals surface area contributed by atoms with Crippen LogP contribution in [0.2, 0.25) is 0 Å². The van der Waals surface area contributed by atoms with Gasteiger partial charge in [0.1, 0.15) is 0 Å². The predicted molar refractivity (Wildman–Crippen MR) is 180 cm³/mol. The molecule has 0 aromatic heterocycles. The first-order valence-electron chi connectivity index (χ1n) is 16.4. The van der Waals surface area contributed by atoms with Crippen LogP contribution < -0.4 is 0 Å². The van der Waals surface area contributed by atoms with Crippen molar-refractivity contribution in [1.29, 1.82) is 0 Å². The number of amides is 8. The average Bonchev–Trinajstić information content (AvgIpc) is 3.86. The maximum Gasteiger partial charge on any atom is 0.255 e. The number of hydrogen-bond acceptors (Lipinski definition) is 8. The summed E-state index contributed by atoms with van der Waals surface area (Å²) in [6.45, 7) is 7.39. The first-order valence-corrected chi connectivity index (χ1v) is 16.4. The van der Waals surface area contributed by atoms with Crippen molar-refractivity contribution < 1.29 is 38.4 Å². The molecule has 4 aliphatic rings. The molecule has 2 aromatic carbocycles. The lowest BCUT2D eigenvalue weighted by Crippen LogP contribution is -2.62. The Morgan fingerprint density at radius 2 is 0.600 bits per heavy atom. The summed E-state index contributed by atoms with van der Waals surface area (Å²) in [5.74, 6) is -4.29. The molecule has 50 heavy (non-hydrogen) atoms. The summed E-state index contributed by atoms with van der Waals surface area (Å²) in [6, 6.07) is 14.5. The minimum atomic E-state index is -1.48. The van der Waals surface area contributed by atoms with E-state index in [0.29, 0.717) is 24.0 Å². The Balaban J connectivity index is 0.000000194. The maximum atomic E-state index is 12.5. The molecule has 0 spiro atoms. The summed E-state index contributed by atoms with van der Waals surface area (Å²) in [7, 11) is 0. The van der Waals surface area contributed by atoms with E-state index in [1.54, 1.807) is 38.1 Å². The van der Waals surface area contributed by atoms with E-state index in [2.05, 4.69) is 0 Å². The molecule has 8 amide bonds. The third kappa shape index (κ3) is 5.42. The smallest absolute Gasteiger partial charge is 0.255 e. The molecule has 2 aromatic rings. The molecule has 0 atom stereocenters. The van der Waals surface area contributed by atoms with E-state index < -0.39 is 58.6 Å². The number of nitrogens with zero attached hydrogens (tertiary/aromatic N) is 4. The zero-order valence-electron chi connectivity index (χ0n) is 28.1. The second-order valence-corrected chi connectivity index (χ2v) is 11.7. The zero-order valence-corrected chi connectivity index (χ0v) is 28.1. The normalized spacial score (nSPS) is 17.4. The van der Waals surface area contributed by atoms with Crippen molar-refractivity contribution in [2.24, 2.45) is 0 Å². The largest absolute Gasteiger partial charge is 0.269 e. The highest BCUT2D eigenvalue weighted by Crippen LogP contribution is 2.43. The minimum absolute atomic E-state index is 0.197. The fourth-order valence-corrected chi connectivity index (χ4v) is 7.19. The minimum Gasteiger partial charge on any atom is -0.269 e. The monoisotopic (exact) mass is 676 g/mol. The molecule has 4 heterocycles. The van der Waals surface area contributed by atoms with Gasteiger partial charge in [-0.3, -0.25) is 38.4 Å². The Kier molecular flexibility index (Phi) is 9.75. The van der Waals surface area contributed by atoms with Crippen LogP contribution >= 0.6 is 0 Å². The van der Waals surface area contributed by atoms with Gasteiger partial charge in [0.05, 0.1) is 0 Å². The van der Waals surface area contributed by atoms with Crippen molar-refractivity contribution in [3.05, 3.63) is 119 Å². The molecule has 12 nitrogen and oxygen atoms in total. The summed E-state index contributed by atoms with van der Waals surface area (Å²) in [5, 5.41) is 0. The highest BCUT2D eigenvalue weighted by Gasteiger charge is 2.55. The fourth-order valence-electron chi connectivity index (χ4n) is 7.19. The lowest BCUT2D eigenvalue weighted by Gasteiger charge is -2.46. The summed E-state index contributed by atoms with van der Waals surface area (Å²) < 4.78 is 0. The van der Waals surface area contributed by atoms with E-state index in [4.69, 9.17) is 0 Å². The van der Waals surface area contributed by atoms with E-state index in [1.807, 2.05) is 38.1 Å². The standard InChI is InChI=1S/2C19H18N2O4/c2*1-3-13-7-5-6-8-14(13)19(4-2,20-15(22)9-10-16(20)23)21-17(24)11-12-18(21)25/h2*5-12H,3-4H2,1-2H3. The molecule has 4 aliphatic heterocycles. The van der Waals surface area contributed by atoms with Gasteiger partial charge in [0, 0.05) is 59.7 Å². The highest BCUT2D eigenvalue weighted by molar-refractivity contribution is 6.18. The molecule has 0 aliphatic carbocycles. The van der Waals surface area contributed by atoms with Crippen molar-refractivity contribution in [3.8, 4) is 0 Å². The van der Waals surface area contributed by atoms with Gasteiger partial charge in [0.15, 0.2) is 11.3 Å². The number of rotatable bonds is 10. The fraction of sp³-hybridized carbons (Fsp3) is 0.263. The summed E-state index contributed by atoms with van der Waals surface area (Å²) in [5.41, 5.74) is -0.0237. The molecule has 6 rings (SSSR count). The Labute approximate surface area is 289 Å². The van der Waals surface area contributed by atoms with Crippen molar-refractivity contribution >= 4 is 47.3 Å². The van der Waals surface area contributed by atoms with Crippen molar-refractivity contribution in [2.45, 2.75) is 64.7 Å². The topological polar surface area (TPSA) is 150 Å². The van der Waals surface area contributed by atoms with Gasteiger partial charge in [0.25, 0.3) is 47.3 Å². The molecule has 0 N–H and O–H groups in total. The van der Waals surface area contributed by atoms with E-state index in [-0.39, 0.29) is 12.8 Å². The maximum absolute atomic E-state index is 12.5. The van der Waals surface area contributed by atoms with Crippen LogP contribution in [0.4, 0.5) is 0 Å². The van der Waals surface area contributed by atoms with Crippen LogP contribution in [-0.2, 0) is 62.5 Å². The van der Waals surface area contributed by atoms with Crippen LogP contribution in [-0.4, -0.2) is 66.9 Å². The van der Waals surface area contributed by atoms with Gasteiger partial charge in [-0.1, -0.05) is 76.2 Å². The van der Waals surface area contributed by atoms with Gasteiger partial charge in [-0.15, -0.1) is 0 Å². The molecular weight excluding hydrogens is 640 g/mol. The first kappa shape index (κ1) is 35.3. The molecule has 0 radical (unpaired) electrons. The zero-order chi connectivity index (χ0) is 36.4. The van der Waals surface area contributed by atoms with Gasteiger partial charge in [-0.25, -0.2) is 19.6 Å². The second kappa shape index (κ2) is 13.8. The van der Waals surface area contributed by atoms with Gasteiger partial charge in [-0.2, -0.15) is 0 Å². The summed E-state index contributed by atoms with van der Waals surface area (Å²) in [6.07, 6.45) is 11.0. The Bertz CT molecular complexity index is 1660. The quantitative estimate of drug-likeness (QED) is 0.348. The molecule has 0 fully saturated rings. The van der Waals surface area contributed by atoms with Crippen LogP contribution in [0.1, 0.15) is 62.8 Å². The number of carbonyl (C=O) groups excluding carboxylic acids is 8.